The Balaban J connectivity index is 1.84. The molecule has 37 heavy (non-hydrogen) atoms. The number of benzene rings is 2. The van der Waals surface area contributed by atoms with Crippen LogP contribution in [0.3, 0.4) is 0 Å². The fourth-order valence-corrected chi connectivity index (χ4v) is 3.70. The zero-order chi connectivity index (χ0) is 26.7. The summed E-state index contributed by atoms with van der Waals surface area (Å²) in [5.41, 5.74) is 8.42. The number of halogens is 1. The second kappa shape index (κ2) is 10.2. The molecule has 2 N–H and O–H groups in total. The summed E-state index contributed by atoms with van der Waals surface area (Å²) < 4.78 is 26.3. The van der Waals surface area contributed by atoms with Crippen molar-refractivity contribution in [2.24, 2.45) is 7.05 Å². The Hall–Kier alpha value is -4.58. The number of nitrogen functional groups attached to an aromatic ring is 1. The summed E-state index contributed by atoms with van der Waals surface area (Å²) in [6.07, 6.45) is 1.00. The first-order valence-corrected chi connectivity index (χ1v) is 11.6. The standard InChI is InChI=1S/C28H28FN5O3/c1-28(2,3)37-27(35)34(16-19-9-12-21(36-5)13-10-19)26-23-24(33(4)17-31-23)22(25(30)32-26)14-11-18-7-6-8-20(29)15-18/h6-10,12-13,15,17H,16H2,1-5H3,(H2,30,32). The summed E-state index contributed by atoms with van der Waals surface area (Å²) in [6, 6.07) is 13.3. The average molecular weight is 502 g/mol. The van der Waals surface area contributed by atoms with Gasteiger partial charge in [-0.05, 0) is 56.7 Å². The van der Waals surface area contributed by atoms with E-state index in [0.717, 1.165) is 5.56 Å². The van der Waals surface area contributed by atoms with Gasteiger partial charge < -0.3 is 19.8 Å². The van der Waals surface area contributed by atoms with E-state index < -0.39 is 11.7 Å². The van der Waals surface area contributed by atoms with E-state index in [-0.39, 0.29) is 24.0 Å². The molecule has 0 aliphatic heterocycles. The number of nitrogens with zero attached hydrogens (tertiary/aromatic N) is 4. The molecule has 9 heteroatoms. The molecule has 2 aromatic carbocycles. The van der Waals surface area contributed by atoms with Crippen LogP contribution >= 0.6 is 0 Å². The van der Waals surface area contributed by atoms with Gasteiger partial charge in [0, 0.05) is 12.6 Å². The predicted molar refractivity (Wildman–Crippen MR) is 141 cm³/mol. The molecule has 0 spiro atoms. The molecule has 0 radical (unpaired) electrons. The van der Waals surface area contributed by atoms with Crippen molar-refractivity contribution in [3.8, 4) is 17.6 Å². The lowest BCUT2D eigenvalue weighted by atomic mass is 10.1. The average Bonchev–Trinajstić information content (AvgIpc) is 3.22. The Bertz CT molecular complexity index is 1510. The summed E-state index contributed by atoms with van der Waals surface area (Å²) in [7, 11) is 3.39. The highest BCUT2D eigenvalue weighted by molar-refractivity contribution is 6.00. The Morgan fingerprint density at radius 2 is 1.89 bits per heavy atom. The summed E-state index contributed by atoms with van der Waals surface area (Å²) >= 11 is 0. The van der Waals surface area contributed by atoms with Crippen molar-refractivity contribution in [2.45, 2.75) is 32.9 Å². The minimum Gasteiger partial charge on any atom is -0.497 e. The van der Waals surface area contributed by atoms with Crippen molar-refractivity contribution in [2.75, 3.05) is 17.7 Å². The van der Waals surface area contributed by atoms with Gasteiger partial charge in [-0.15, -0.1) is 0 Å². The van der Waals surface area contributed by atoms with Crippen molar-refractivity contribution in [3.63, 3.8) is 0 Å². The van der Waals surface area contributed by atoms with Gasteiger partial charge in [0.15, 0.2) is 5.82 Å². The number of aromatic nitrogens is 3. The van der Waals surface area contributed by atoms with E-state index >= 15 is 0 Å². The lowest BCUT2D eigenvalue weighted by Crippen LogP contribution is -2.37. The van der Waals surface area contributed by atoms with E-state index in [4.69, 9.17) is 15.2 Å². The van der Waals surface area contributed by atoms with Gasteiger partial charge in [0.05, 0.1) is 31.1 Å². The van der Waals surface area contributed by atoms with Gasteiger partial charge in [0.1, 0.15) is 28.5 Å². The first-order chi connectivity index (χ1) is 17.6. The fourth-order valence-electron chi connectivity index (χ4n) is 3.70. The number of hydrogen-bond acceptors (Lipinski definition) is 6. The highest BCUT2D eigenvalue weighted by Gasteiger charge is 2.28. The number of carbonyl (C=O) groups is 1. The van der Waals surface area contributed by atoms with E-state index in [1.165, 1.54) is 17.0 Å². The summed E-state index contributed by atoms with van der Waals surface area (Å²) in [5, 5.41) is 0. The molecule has 190 valence electrons. The summed E-state index contributed by atoms with van der Waals surface area (Å²) in [4.78, 5) is 23.8. The number of pyridine rings is 1. The number of fused-ring (bicyclic) bond motifs is 1. The van der Waals surface area contributed by atoms with Gasteiger partial charge in [0.25, 0.3) is 0 Å². The van der Waals surface area contributed by atoms with E-state index in [9.17, 15) is 9.18 Å². The molecule has 0 aliphatic carbocycles. The molecular formula is C28H28FN5O3. The SMILES string of the molecule is COc1ccc(CN(C(=O)OC(C)(C)C)c2nc(N)c(C#Cc3cccc(F)c3)c3c2ncn3C)cc1. The van der Waals surface area contributed by atoms with Crippen LogP contribution in [0, 0.1) is 17.7 Å². The monoisotopic (exact) mass is 501 g/mol. The van der Waals surface area contributed by atoms with Crippen LogP contribution < -0.4 is 15.4 Å². The van der Waals surface area contributed by atoms with E-state index in [0.29, 0.717) is 27.9 Å². The van der Waals surface area contributed by atoms with E-state index in [1.807, 2.05) is 24.3 Å². The second-order valence-electron chi connectivity index (χ2n) is 9.42. The molecule has 0 saturated heterocycles. The van der Waals surface area contributed by atoms with Crippen molar-refractivity contribution in [1.82, 2.24) is 14.5 Å². The number of methoxy groups -OCH3 is 1. The number of hydrogen-bond donors (Lipinski definition) is 1. The molecule has 1 amide bonds. The molecule has 0 aliphatic rings. The number of rotatable bonds is 4. The number of nitrogens with two attached hydrogens (primary N) is 1. The van der Waals surface area contributed by atoms with Crippen LogP contribution in [-0.4, -0.2) is 33.3 Å². The van der Waals surface area contributed by atoms with Crippen LogP contribution in [0.1, 0.15) is 37.5 Å². The van der Waals surface area contributed by atoms with Crippen molar-refractivity contribution >= 4 is 28.8 Å². The number of ether oxygens (including phenoxy) is 2. The smallest absolute Gasteiger partial charge is 0.416 e. The molecule has 0 bridgehead atoms. The molecule has 0 saturated carbocycles. The first-order valence-electron chi connectivity index (χ1n) is 11.6. The third kappa shape index (κ3) is 5.81. The van der Waals surface area contributed by atoms with E-state index in [2.05, 4.69) is 21.8 Å². The molecule has 4 rings (SSSR count). The Morgan fingerprint density at radius 3 is 2.54 bits per heavy atom. The Labute approximate surface area is 214 Å². The third-order valence-corrected chi connectivity index (χ3v) is 5.39. The minimum atomic E-state index is -0.736. The topological polar surface area (TPSA) is 95.5 Å². The van der Waals surface area contributed by atoms with Gasteiger partial charge in [-0.25, -0.2) is 19.2 Å². The normalized spacial score (nSPS) is 11.1. The van der Waals surface area contributed by atoms with Crippen LogP contribution in [0.5, 0.6) is 5.75 Å². The van der Waals surface area contributed by atoms with Crippen molar-refractivity contribution < 1.29 is 18.7 Å². The van der Waals surface area contributed by atoms with Crippen LogP contribution in [0.25, 0.3) is 11.0 Å². The second-order valence-corrected chi connectivity index (χ2v) is 9.42. The molecule has 2 heterocycles. The number of amides is 1. The molecule has 0 atom stereocenters. The molecule has 2 aromatic heterocycles. The molecule has 0 fully saturated rings. The quantitative estimate of drug-likeness (QED) is 0.394. The number of aryl methyl sites for hydroxylation is 1. The lowest BCUT2D eigenvalue weighted by molar-refractivity contribution is 0.0576. The fraction of sp³-hybridized carbons (Fsp3) is 0.250. The zero-order valence-corrected chi connectivity index (χ0v) is 21.4. The maximum absolute atomic E-state index is 13.6. The lowest BCUT2D eigenvalue weighted by Gasteiger charge is -2.27. The molecule has 8 nitrogen and oxygen atoms in total. The van der Waals surface area contributed by atoms with E-state index in [1.54, 1.807) is 58.0 Å². The Kier molecular flexibility index (Phi) is 7.02. The number of carbonyl (C=O) groups excluding carboxylic acids is 1. The van der Waals surface area contributed by atoms with Crippen LogP contribution in [0.15, 0.2) is 54.9 Å². The van der Waals surface area contributed by atoms with Gasteiger partial charge in [-0.2, -0.15) is 0 Å². The predicted octanol–water partition coefficient (Wildman–Crippen LogP) is 5.04. The van der Waals surface area contributed by atoms with Crippen LogP contribution in [0.2, 0.25) is 0 Å². The maximum Gasteiger partial charge on any atom is 0.416 e. The van der Waals surface area contributed by atoms with Crippen LogP contribution in [-0.2, 0) is 18.3 Å². The Morgan fingerprint density at radius 1 is 1.16 bits per heavy atom. The van der Waals surface area contributed by atoms with Gasteiger partial charge in [0.2, 0.25) is 0 Å². The molecular weight excluding hydrogens is 473 g/mol. The van der Waals surface area contributed by atoms with Gasteiger partial charge >= 0.3 is 6.09 Å². The molecule has 0 unspecified atom stereocenters. The highest BCUT2D eigenvalue weighted by atomic mass is 19.1. The largest absolute Gasteiger partial charge is 0.497 e. The first kappa shape index (κ1) is 25.5. The van der Waals surface area contributed by atoms with Gasteiger partial charge in [-0.1, -0.05) is 30.0 Å². The molecule has 4 aromatic rings. The third-order valence-electron chi connectivity index (χ3n) is 5.39. The minimum absolute atomic E-state index is 0.110. The van der Waals surface area contributed by atoms with Crippen molar-refractivity contribution in [1.29, 1.82) is 0 Å². The van der Waals surface area contributed by atoms with Crippen molar-refractivity contribution in [3.05, 3.63) is 77.4 Å². The number of anilines is 2. The van der Waals surface area contributed by atoms with Gasteiger partial charge in [-0.3, -0.25) is 4.90 Å². The highest BCUT2D eigenvalue weighted by Crippen LogP contribution is 2.31. The van der Waals surface area contributed by atoms with Crippen LogP contribution in [0.4, 0.5) is 20.8 Å². The number of imidazole rings is 1. The maximum atomic E-state index is 13.6. The summed E-state index contributed by atoms with van der Waals surface area (Å²) in [5.74, 6) is 6.61. The zero-order valence-electron chi connectivity index (χ0n) is 21.4. The summed E-state index contributed by atoms with van der Waals surface area (Å²) in [6.45, 7) is 5.53.